The fourth-order valence-corrected chi connectivity index (χ4v) is 1.60. The topological polar surface area (TPSA) is 21.3 Å². The summed E-state index contributed by atoms with van der Waals surface area (Å²) in [5, 5.41) is 3.03. The van der Waals surface area contributed by atoms with Crippen molar-refractivity contribution in [2.45, 2.75) is 32.9 Å². The first-order valence-electron chi connectivity index (χ1n) is 5.81. The van der Waals surface area contributed by atoms with Gasteiger partial charge in [0.25, 0.3) is 0 Å². The molecule has 1 N–H and O–H groups in total. The Morgan fingerprint density at radius 2 is 1.76 bits per heavy atom. The number of benzene rings is 1. The molecule has 0 spiro atoms. The van der Waals surface area contributed by atoms with Gasteiger partial charge in [-0.05, 0) is 32.9 Å². The van der Waals surface area contributed by atoms with E-state index in [1.165, 1.54) is 18.2 Å². The van der Waals surface area contributed by atoms with Gasteiger partial charge >= 0.3 is 0 Å². The Morgan fingerprint density at radius 3 is 2.29 bits per heavy atom. The highest BCUT2D eigenvalue weighted by Crippen LogP contribution is 2.19. The highest BCUT2D eigenvalue weighted by Gasteiger charge is 2.14. The second-order valence-electron chi connectivity index (χ2n) is 4.23. The maximum absolute atomic E-state index is 13.4. The molecule has 1 atom stereocenters. The molecule has 0 aromatic heterocycles. The number of nitrogens with one attached hydrogen (secondary N) is 1. The molecule has 1 rings (SSSR count). The summed E-state index contributed by atoms with van der Waals surface area (Å²) in [5.74, 6) is -1.04. The van der Waals surface area contributed by atoms with Gasteiger partial charge in [0, 0.05) is 18.2 Å². The zero-order chi connectivity index (χ0) is 12.8. The van der Waals surface area contributed by atoms with Gasteiger partial charge in [-0.15, -0.1) is 0 Å². The van der Waals surface area contributed by atoms with E-state index in [0.717, 1.165) is 0 Å². The van der Waals surface area contributed by atoms with Gasteiger partial charge in [-0.2, -0.15) is 0 Å². The summed E-state index contributed by atoms with van der Waals surface area (Å²) in [4.78, 5) is 0. The van der Waals surface area contributed by atoms with Crippen molar-refractivity contribution < 1.29 is 13.5 Å². The van der Waals surface area contributed by atoms with E-state index in [4.69, 9.17) is 4.74 Å². The van der Waals surface area contributed by atoms with Crippen LogP contribution in [0.1, 0.15) is 32.4 Å². The zero-order valence-electron chi connectivity index (χ0n) is 10.5. The van der Waals surface area contributed by atoms with Gasteiger partial charge < -0.3 is 10.1 Å². The van der Waals surface area contributed by atoms with E-state index in [1.807, 2.05) is 13.8 Å². The molecule has 1 unspecified atom stereocenters. The minimum absolute atomic E-state index is 0.0806. The lowest BCUT2D eigenvalue weighted by molar-refractivity contribution is 0.0795. The third-order valence-corrected chi connectivity index (χ3v) is 2.44. The Hall–Kier alpha value is -1.00. The molecule has 0 aliphatic rings. The van der Waals surface area contributed by atoms with Crippen LogP contribution in [0.2, 0.25) is 0 Å². The lowest BCUT2D eigenvalue weighted by Gasteiger charge is -2.16. The van der Waals surface area contributed by atoms with E-state index >= 15 is 0 Å². The van der Waals surface area contributed by atoms with Crippen molar-refractivity contribution in [3.63, 3.8) is 0 Å². The van der Waals surface area contributed by atoms with Gasteiger partial charge in [-0.1, -0.05) is 6.07 Å². The number of hydrogen-bond acceptors (Lipinski definition) is 2. The lowest BCUT2D eigenvalue weighted by Crippen LogP contribution is -2.25. The molecule has 0 saturated heterocycles. The number of halogens is 2. The summed E-state index contributed by atoms with van der Waals surface area (Å²) >= 11 is 0. The van der Waals surface area contributed by atoms with Crippen LogP contribution in [-0.4, -0.2) is 19.3 Å². The Morgan fingerprint density at radius 1 is 1.18 bits per heavy atom. The summed E-state index contributed by atoms with van der Waals surface area (Å²) in [6, 6.07) is 3.53. The highest BCUT2D eigenvalue weighted by molar-refractivity contribution is 5.22. The van der Waals surface area contributed by atoms with E-state index < -0.39 is 11.6 Å². The average molecular weight is 243 g/mol. The van der Waals surface area contributed by atoms with Crippen molar-refractivity contribution in [2.75, 3.05) is 13.2 Å². The van der Waals surface area contributed by atoms with Crippen molar-refractivity contribution in [3.05, 3.63) is 35.4 Å². The Kier molecular flexibility index (Phi) is 5.51. The molecule has 0 fully saturated rings. The Bertz CT molecular complexity index is 335. The summed E-state index contributed by atoms with van der Waals surface area (Å²) in [6.07, 6.45) is 0.164. The fourth-order valence-electron chi connectivity index (χ4n) is 1.60. The largest absolute Gasteiger partial charge is 0.377 e. The van der Waals surface area contributed by atoms with Crippen LogP contribution in [0.3, 0.4) is 0 Å². The van der Waals surface area contributed by atoms with E-state index in [0.29, 0.717) is 13.2 Å². The van der Waals surface area contributed by atoms with Crippen LogP contribution in [0.5, 0.6) is 0 Å². The first-order chi connectivity index (χ1) is 8.02. The third-order valence-electron chi connectivity index (χ3n) is 2.44. The molecule has 1 aromatic rings. The maximum atomic E-state index is 13.4. The second kappa shape index (κ2) is 6.67. The third kappa shape index (κ3) is 4.40. The smallest absolute Gasteiger partial charge is 0.130 e. The van der Waals surface area contributed by atoms with E-state index in [2.05, 4.69) is 5.32 Å². The van der Waals surface area contributed by atoms with Crippen molar-refractivity contribution >= 4 is 0 Å². The first kappa shape index (κ1) is 14.1. The first-order valence-corrected chi connectivity index (χ1v) is 5.81. The van der Waals surface area contributed by atoms with Crippen LogP contribution in [0.15, 0.2) is 18.2 Å². The van der Waals surface area contributed by atoms with E-state index in [-0.39, 0.29) is 17.7 Å². The monoisotopic (exact) mass is 243 g/mol. The molecule has 17 heavy (non-hydrogen) atoms. The lowest BCUT2D eigenvalue weighted by atomic mass is 10.1. The minimum atomic E-state index is -0.519. The molecular weight excluding hydrogens is 224 g/mol. The number of rotatable bonds is 6. The van der Waals surface area contributed by atoms with Crippen LogP contribution < -0.4 is 5.32 Å². The Balaban J connectivity index is 2.49. The molecular formula is C13H19F2NO. The second-order valence-corrected chi connectivity index (χ2v) is 4.23. The van der Waals surface area contributed by atoms with Crippen molar-refractivity contribution in [1.29, 1.82) is 0 Å². The molecule has 2 nitrogen and oxygen atoms in total. The summed E-state index contributed by atoms with van der Waals surface area (Å²) in [7, 11) is 0. The highest BCUT2D eigenvalue weighted by atomic mass is 19.1. The minimum Gasteiger partial charge on any atom is -0.377 e. The molecule has 96 valence electrons. The fraction of sp³-hybridized carbons (Fsp3) is 0.538. The van der Waals surface area contributed by atoms with E-state index in [9.17, 15) is 8.78 Å². The van der Waals surface area contributed by atoms with Crippen LogP contribution in [-0.2, 0) is 4.74 Å². The molecule has 4 heteroatoms. The van der Waals surface area contributed by atoms with Gasteiger partial charge in [0.05, 0.1) is 12.7 Å². The predicted molar refractivity (Wildman–Crippen MR) is 63.9 cm³/mol. The van der Waals surface area contributed by atoms with Crippen LogP contribution in [0, 0.1) is 11.6 Å². The standard InChI is InChI=1S/C13H19F2NO/c1-9(2)17-8-7-16-10(3)13-11(14)5-4-6-12(13)15/h4-6,9-10,16H,7-8H2,1-3H3. The summed E-state index contributed by atoms with van der Waals surface area (Å²) < 4.78 is 32.2. The van der Waals surface area contributed by atoms with Crippen LogP contribution in [0.4, 0.5) is 8.78 Å². The quantitative estimate of drug-likeness (QED) is 0.775. The molecule has 1 aromatic carbocycles. The van der Waals surface area contributed by atoms with Crippen LogP contribution in [0.25, 0.3) is 0 Å². The molecule has 0 heterocycles. The van der Waals surface area contributed by atoms with Crippen molar-refractivity contribution in [1.82, 2.24) is 5.32 Å². The average Bonchev–Trinajstić information content (AvgIpc) is 2.24. The molecule has 0 radical (unpaired) electrons. The molecule has 0 bridgehead atoms. The maximum Gasteiger partial charge on any atom is 0.130 e. The normalized spacial score (nSPS) is 13.1. The van der Waals surface area contributed by atoms with Gasteiger partial charge in [0.15, 0.2) is 0 Å². The predicted octanol–water partition coefficient (Wildman–Crippen LogP) is 3.04. The summed E-state index contributed by atoms with van der Waals surface area (Å²) in [5.41, 5.74) is 0.0806. The van der Waals surface area contributed by atoms with Crippen LogP contribution >= 0.6 is 0 Å². The summed E-state index contributed by atoms with van der Waals surface area (Å²) in [6.45, 7) is 6.71. The molecule has 0 aliphatic heterocycles. The zero-order valence-corrected chi connectivity index (χ0v) is 10.5. The molecule has 0 amide bonds. The van der Waals surface area contributed by atoms with Gasteiger partial charge in [-0.25, -0.2) is 8.78 Å². The molecule has 0 saturated carbocycles. The van der Waals surface area contributed by atoms with Crippen molar-refractivity contribution in [2.24, 2.45) is 0 Å². The van der Waals surface area contributed by atoms with E-state index in [1.54, 1.807) is 6.92 Å². The van der Waals surface area contributed by atoms with Gasteiger partial charge in [0.2, 0.25) is 0 Å². The molecule has 0 aliphatic carbocycles. The van der Waals surface area contributed by atoms with Crippen molar-refractivity contribution in [3.8, 4) is 0 Å². The number of hydrogen-bond donors (Lipinski definition) is 1. The number of ether oxygens (including phenoxy) is 1. The van der Waals surface area contributed by atoms with Gasteiger partial charge in [-0.3, -0.25) is 0 Å². The Labute approximate surface area is 101 Å². The van der Waals surface area contributed by atoms with Gasteiger partial charge in [0.1, 0.15) is 11.6 Å². The SMILES string of the molecule is CC(C)OCCNC(C)c1c(F)cccc1F.